The zero-order valence-electron chi connectivity index (χ0n) is 26.7. The molecule has 5 aromatic rings. The number of nitrogens with two attached hydrogens (primary N) is 1. The van der Waals surface area contributed by atoms with Gasteiger partial charge < -0.3 is 30.3 Å². The summed E-state index contributed by atoms with van der Waals surface area (Å²) in [6.45, 7) is 1.28. The molecule has 1 aromatic heterocycles. The number of halogens is 3. The highest BCUT2D eigenvalue weighted by Gasteiger charge is 2.28. The number of benzene rings is 4. The summed E-state index contributed by atoms with van der Waals surface area (Å²) in [6, 6.07) is 33.6. The van der Waals surface area contributed by atoms with Crippen molar-refractivity contribution in [3.63, 3.8) is 0 Å². The quantitative estimate of drug-likeness (QED) is 0.111. The summed E-state index contributed by atoms with van der Waals surface area (Å²) in [6.07, 6.45) is -5.19. The van der Waals surface area contributed by atoms with E-state index in [9.17, 15) is 18.0 Å². The van der Waals surface area contributed by atoms with Crippen LogP contribution in [0, 0.1) is 5.41 Å². The van der Waals surface area contributed by atoms with Crippen molar-refractivity contribution in [2.45, 2.75) is 25.9 Å². The number of alkyl halides is 3. The standard InChI is InChI=1S/C34H35N5O2.C2HF3O2/c1-39(2,3)28-17-15-24(16-18-28)21-37-34(40)31-20-29-30(38(31)22-26-11-7-12-27(19-26)33(35)36)13-8-14-32(29)41-23-25-9-5-4-6-10-25;3-2(4,5)1(6)7/h4-20H,21-23H2,1-3H3,(H3-,35,36,37,40);(H,6,7). The van der Waals surface area contributed by atoms with Crippen molar-refractivity contribution in [2.75, 3.05) is 21.1 Å². The van der Waals surface area contributed by atoms with Gasteiger partial charge in [0.1, 0.15) is 35.5 Å². The van der Waals surface area contributed by atoms with Crippen LogP contribution >= 0.6 is 0 Å². The van der Waals surface area contributed by atoms with E-state index in [1.165, 1.54) is 5.69 Å². The molecule has 0 aliphatic carbocycles. The Bertz CT molecular complexity index is 1900. The van der Waals surface area contributed by atoms with Gasteiger partial charge >= 0.3 is 6.18 Å². The number of amides is 1. The number of nitrogens with zero attached hydrogens (tertiary/aromatic N) is 2. The maximum absolute atomic E-state index is 13.7. The molecule has 5 rings (SSSR count). The lowest BCUT2D eigenvalue weighted by molar-refractivity contribution is -0.344. The Balaban J connectivity index is 0.000000671. The van der Waals surface area contributed by atoms with Crippen LogP contribution in [0.15, 0.2) is 103 Å². The Morgan fingerprint density at radius 2 is 1.50 bits per heavy atom. The van der Waals surface area contributed by atoms with Gasteiger partial charge in [-0.2, -0.15) is 13.2 Å². The van der Waals surface area contributed by atoms with Gasteiger partial charge in [-0.3, -0.25) is 14.7 Å². The third kappa shape index (κ3) is 9.23. The number of hydrogen-bond donors (Lipinski definition) is 3. The number of nitrogens with one attached hydrogen (secondary N) is 2. The third-order valence-electron chi connectivity index (χ3n) is 7.35. The highest BCUT2D eigenvalue weighted by atomic mass is 19.4. The maximum Gasteiger partial charge on any atom is 0.430 e. The molecule has 0 bridgehead atoms. The molecule has 0 atom stereocenters. The number of carboxylic acid groups (broad SMARTS) is 1. The van der Waals surface area contributed by atoms with Gasteiger partial charge in [0.2, 0.25) is 0 Å². The summed E-state index contributed by atoms with van der Waals surface area (Å²) < 4.78 is 40.5. The molecular weight excluding hydrogens is 623 g/mol. The van der Waals surface area contributed by atoms with Gasteiger partial charge in [0.05, 0.1) is 26.7 Å². The van der Waals surface area contributed by atoms with Crippen LogP contribution in [-0.2, 0) is 24.5 Å². The molecule has 0 aliphatic heterocycles. The van der Waals surface area contributed by atoms with Gasteiger partial charge in [-0.05, 0) is 53.1 Å². The van der Waals surface area contributed by atoms with Crippen LogP contribution < -0.4 is 25.4 Å². The van der Waals surface area contributed by atoms with Gasteiger partial charge in [-0.15, -0.1) is 0 Å². The van der Waals surface area contributed by atoms with Gasteiger partial charge in [-0.1, -0.05) is 66.7 Å². The van der Waals surface area contributed by atoms with E-state index in [1.54, 1.807) is 0 Å². The number of hydrogen-bond acceptors (Lipinski definition) is 5. The van der Waals surface area contributed by atoms with Gasteiger partial charge in [-0.25, -0.2) is 0 Å². The second kappa shape index (κ2) is 14.9. The van der Waals surface area contributed by atoms with Crippen molar-refractivity contribution in [3.05, 3.63) is 131 Å². The normalized spacial score (nSPS) is 11.4. The van der Waals surface area contributed by atoms with Gasteiger partial charge in [0.25, 0.3) is 5.91 Å². The molecule has 250 valence electrons. The first-order valence-electron chi connectivity index (χ1n) is 14.8. The largest absolute Gasteiger partial charge is 0.542 e. The molecule has 0 saturated heterocycles. The average Bonchev–Trinajstić information content (AvgIpc) is 3.41. The van der Waals surface area contributed by atoms with Crippen LogP contribution in [0.5, 0.6) is 5.75 Å². The van der Waals surface area contributed by atoms with Crippen molar-refractivity contribution in [1.82, 2.24) is 14.4 Å². The fourth-order valence-electron chi connectivity index (χ4n) is 4.83. The number of aliphatic carboxylic acids is 1. The highest BCUT2D eigenvalue weighted by Crippen LogP contribution is 2.31. The molecular formula is C36H36F3N5O4. The molecule has 0 saturated carbocycles. The number of aromatic nitrogens is 1. The predicted octanol–water partition coefficient (Wildman–Crippen LogP) is 4.98. The van der Waals surface area contributed by atoms with Crippen molar-refractivity contribution < 1.29 is 32.6 Å². The summed E-state index contributed by atoms with van der Waals surface area (Å²) in [4.78, 5) is 22.4. The molecule has 1 amide bonds. The maximum atomic E-state index is 13.7. The number of carbonyl (C=O) groups excluding carboxylic acids is 2. The summed E-state index contributed by atoms with van der Waals surface area (Å²) in [5.74, 6) is -2.45. The molecule has 0 spiro atoms. The van der Waals surface area contributed by atoms with E-state index in [-0.39, 0.29) is 11.7 Å². The third-order valence-corrected chi connectivity index (χ3v) is 7.35. The first kappa shape index (κ1) is 35.2. The molecule has 4 N–H and O–H groups in total. The second-order valence-corrected chi connectivity index (χ2v) is 11.8. The van der Waals surface area contributed by atoms with E-state index >= 15 is 0 Å². The van der Waals surface area contributed by atoms with Crippen molar-refractivity contribution >= 4 is 34.3 Å². The van der Waals surface area contributed by atoms with Crippen molar-refractivity contribution in [3.8, 4) is 5.75 Å². The molecule has 0 radical (unpaired) electrons. The first-order chi connectivity index (χ1) is 22.6. The number of rotatable bonds is 10. The summed E-state index contributed by atoms with van der Waals surface area (Å²) in [7, 11) is 6.37. The van der Waals surface area contributed by atoms with E-state index in [0.717, 1.165) is 32.1 Å². The van der Waals surface area contributed by atoms with Crippen LogP contribution in [0.1, 0.15) is 32.7 Å². The number of amidine groups is 1. The number of carboxylic acids is 1. The smallest absolute Gasteiger partial charge is 0.430 e. The lowest BCUT2D eigenvalue weighted by atomic mass is 10.1. The van der Waals surface area contributed by atoms with E-state index in [4.69, 9.17) is 25.8 Å². The monoisotopic (exact) mass is 659 g/mol. The molecule has 9 nitrogen and oxygen atoms in total. The lowest BCUT2D eigenvalue weighted by Crippen LogP contribution is -2.37. The molecule has 0 unspecified atom stereocenters. The Kier molecular flexibility index (Phi) is 10.9. The minimum absolute atomic E-state index is 0.00931. The van der Waals surface area contributed by atoms with Crippen LogP contribution in [0.25, 0.3) is 10.9 Å². The van der Waals surface area contributed by atoms with Crippen molar-refractivity contribution in [1.29, 1.82) is 5.41 Å². The summed E-state index contributed by atoms with van der Waals surface area (Å²) in [5.41, 5.74) is 12.0. The molecule has 4 aromatic carbocycles. The molecule has 1 heterocycles. The highest BCUT2D eigenvalue weighted by molar-refractivity contribution is 6.00. The number of carbonyl (C=O) groups is 2. The van der Waals surface area contributed by atoms with Gasteiger partial charge in [0, 0.05) is 24.0 Å². The Morgan fingerprint density at radius 3 is 2.10 bits per heavy atom. The summed E-state index contributed by atoms with van der Waals surface area (Å²) >= 11 is 0. The minimum Gasteiger partial charge on any atom is -0.542 e. The first-order valence-corrected chi connectivity index (χ1v) is 14.8. The summed E-state index contributed by atoms with van der Waals surface area (Å²) in [5, 5.41) is 20.6. The number of quaternary nitrogens is 1. The Hall–Kier alpha value is -5.62. The van der Waals surface area contributed by atoms with E-state index in [0.29, 0.717) is 36.7 Å². The van der Waals surface area contributed by atoms with Gasteiger partial charge in [0.15, 0.2) is 0 Å². The Labute approximate surface area is 276 Å². The van der Waals surface area contributed by atoms with E-state index < -0.39 is 12.1 Å². The molecule has 12 heteroatoms. The minimum atomic E-state index is -5.19. The number of nitrogen functional groups attached to an aromatic ring is 1. The van der Waals surface area contributed by atoms with Crippen LogP contribution in [0.3, 0.4) is 0 Å². The molecule has 0 fully saturated rings. The van der Waals surface area contributed by atoms with Crippen LogP contribution in [0.4, 0.5) is 18.9 Å². The zero-order chi connectivity index (χ0) is 35.1. The number of ether oxygens (including phenoxy) is 1. The van der Waals surface area contributed by atoms with E-state index in [1.807, 2.05) is 83.4 Å². The lowest BCUT2D eigenvalue weighted by Gasteiger charge is -2.23. The number of fused-ring (bicyclic) bond motifs is 1. The fraction of sp³-hybridized carbons (Fsp3) is 0.194. The van der Waals surface area contributed by atoms with Crippen LogP contribution in [-0.4, -0.2) is 49.6 Å². The van der Waals surface area contributed by atoms with Crippen LogP contribution in [0.2, 0.25) is 0 Å². The average molecular weight is 660 g/mol. The molecule has 0 aliphatic rings. The zero-order valence-corrected chi connectivity index (χ0v) is 26.7. The van der Waals surface area contributed by atoms with E-state index in [2.05, 4.69) is 50.7 Å². The van der Waals surface area contributed by atoms with Crippen molar-refractivity contribution in [2.24, 2.45) is 5.73 Å². The molecule has 48 heavy (non-hydrogen) atoms. The predicted molar refractivity (Wildman–Crippen MR) is 178 cm³/mol. The second-order valence-electron chi connectivity index (χ2n) is 11.8. The topological polar surface area (TPSA) is 133 Å². The Morgan fingerprint density at radius 1 is 0.875 bits per heavy atom. The SMILES string of the molecule is C[N+](C)(C)c1ccc(CNC(=O)c2cc3c(OCc4ccccc4)cccc3n2Cc2cccc(C(=N)N)c2)cc1.O=C([O-])C(F)(F)F. The fourth-order valence-corrected chi connectivity index (χ4v) is 4.83.